The number of nitrogens with one attached hydrogen (secondary N) is 1. The van der Waals surface area contributed by atoms with Gasteiger partial charge in [-0.1, -0.05) is 39.5 Å². The molecule has 86 valence electrons. The molecular formula is C12H27NO. The summed E-state index contributed by atoms with van der Waals surface area (Å²) in [5.41, 5.74) is 0. The van der Waals surface area contributed by atoms with Gasteiger partial charge in [-0.3, -0.25) is 0 Å². The summed E-state index contributed by atoms with van der Waals surface area (Å²) in [5.74, 6) is 0.366. The van der Waals surface area contributed by atoms with Crippen LogP contribution in [-0.2, 0) is 0 Å². The Hall–Kier alpha value is -0.0800. The van der Waals surface area contributed by atoms with Gasteiger partial charge in [0, 0.05) is 12.6 Å². The molecule has 0 aromatic rings. The van der Waals surface area contributed by atoms with E-state index in [0.717, 1.165) is 6.54 Å². The zero-order valence-electron chi connectivity index (χ0n) is 10.1. The Morgan fingerprint density at radius 1 is 1.07 bits per heavy atom. The van der Waals surface area contributed by atoms with Crippen molar-refractivity contribution in [1.82, 2.24) is 5.32 Å². The van der Waals surface area contributed by atoms with E-state index in [4.69, 9.17) is 5.11 Å². The number of aliphatic hydroxyl groups is 1. The van der Waals surface area contributed by atoms with E-state index >= 15 is 0 Å². The van der Waals surface area contributed by atoms with Gasteiger partial charge in [-0.2, -0.15) is 0 Å². The summed E-state index contributed by atoms with van der Waals surface area (Å²) < 4.78 is 0. The molecule has 0 amide bonds. The second-order valence-corrected chi connectivity index (χ2v) is 4.32. The molecule has 14 heavy (non-hydrogen) atoms. The van der Waals surface area contributed by atoms with Crippen LogP contribution in [0.4, 0.5) is 0 Å². The fourth-order valence-corrected chi connectivity index (χ4v) is 1.42. The number of rotatable bonds is 9. The monoisotopic (exact) mass is 201 g/mol. The van der Waals surface area contributed by atoms with Gasteiger partial charge in [-0.05, 0) is 25.8 Å². The van der Waals surface area contributed by atoms with Crippen molar-refractivity contribution >= 4 is 0 Å². The van der Waals surface area contributed by atoms with Crippen LogP contribution in [0.1, 0.15) is 52.9 Å². The van der Waals surface area contributed by atoms with E-state index in [2.05, 4.69) is 26.1 Å². The summed E-state index contributed by atoms with van der Waals surface area (Å²) in [7, 11) is 0. The molecule has 0 radical (unpaired) electrons. The van der Waals surface area contributed by atoms with Crippen molar-refractivity contribution < 1.29 is 5.11 Å². The molecule has 0 fully saturated rings. The Morgan fingerprint density at radius 3 is 2.29 bits per heavy atom. The van der Waals surface area contributed by atoms with Gasteiger partial charge in [0.15, 0.2) is 0 Å². The first kappa shape index (κ1) is 13.9. The molecule has 0 heterocycles. The first-order chi connectivity index (χ1) is 6.72. The average Bonchev–Trinajstić information content (AvgIpc) is 2.21. The van der Waals surface area contributed by atoms with Crippen molar-refractivity contribution in [1.29, 1.82) is 0 Å². The molecule has 2 unspecified atom stereocenters. The molecule has 0 aliphatic heterocycles. The molecule has 0 saturated carbocycles. The van der Waals surface area contributed by atoms with Crippen molar-refractivity contribution in [2.45, 2.75) is 58.9 Å². The second kappa shape index (κ2) is 9.47. The zero-order chi connectivity index (χ0) is 10.8. The maximum atomic E-state index is 8.94. The molecule has 0 aliphatic carbocycles. The molecule has 2 heteroatoms. The van der Waals surface area contributed by atoms with E-state index in [1.165, 1.54) is 32.1 Å². The lowest BCUT2D eigenvalue weighted by atomic mass is 10.0. The third-order valence-corrected chi connectivity index (χ3v) is 2.89. The SMILES string of the molecule is CCCCCCCNC(C)C(C)CO. The fourth-order valence-electron chi connectivity index (χ4n) is 1.42. The Balaban J connectivity index is 3.18. The Bertz CT molecular complexity index is 117. The smallest absolute Gasteiger partial charge is 0.0471 e. The first-order valence-corrected chi connectivity index (χ1v) is 6.06. The Morgan fingerprint density at radius 2 is 1.71 bits per heavy atom. The van der Waals surface area contributed by atoms with Crippen LogP contribution >= 0.6 is 0 Å². The van der Waals surface area contributed by atoms with Gasteiger partial charge < -0.3 is 10.4 Å². The van der Waals surface area contributed by atoms with E-state index < -0.39 is 0 Å². The minimum absolute atomic E-state index is 0.282. The van der Waals surface area contributed by atoms with E-state index in [-0.39, 0.29) is 6.61 Å². The van der Waals surface area contributed by atoms with E-state index in [0.29, 0.717) is 12.0 Å². The van der Waals surface area contributed by atoms with Gasteiger partial charge in [0.1, 0.15) is 0 Å². The zero-order valence-corrected chi connectivity index (χ0v) is 10.1. The summed E-state index contributed by atoms with van der Waals surface area (Å²) in [6, 6.07) is 0.436. The largest absolute Gasteiger partial charge is 0.396 e. The molecular weight excluding hydrogens is 174 g/mol. The van der Waals surface area contributed by atoms with Gasteiger partial charge in [0.05, 0.1) is 0 Å². The summed E-state index contributed by atoms with van der Waals surface area (Å²) >= 11 is 0. The average molecular weight is 201 g/mol. The normalized spacial score (nSPS) is 15.4. The van der Waals surface area contributed by atoms with Crippen LogP contribution in [0, 0.1) is 5.92 Å². The lowest BCUT2D eigenvalue weighted by Crippen LogP contribution is -2.34. The first-order valence-electron chi connectivity index (χ1n) is 6.06. The molecule has 0 rings (SSSR count). The third kappa shape index (κ3) is 7.34. The number of aliphatic hydroxyl groups excluding tert-OH is 1. The topological polar surface area (TPSA) is 32.3 Å². The number of hydrogen-bond acceptors (Lipinski definition) is 2. The van der Waals surface area contributed by atoms with E-state index in [1.807, 2.05) is 0 Å². The highest BCUT2D eigenvalue weighted by atomic mass is 16.3. The highest BCUT2D eigenvalue weighted by Crippen LogP contribution is 2.03. The highest BCUT2D eigenvalue weighted by molar-refractivity contribution is 4.66. The molecule has 0 aromatic heterocycles. The summed E-state index contributed by atoms with van der Waals surface area (Å²) in [4.78, 5) is 0. The molecule has 2 nitrogen and oxygen atoms in total. The fraction of sp³-hybridized carbons (Fsp3) is 1.00. The van der Waals surface area contributed by atoms with Crippen LogP contribution < -0.4 is 5.32 Å². The lowest BCUT2D eigenvalue weighted by molar-refractivity contribution is 0.207. The summed E-state index contributed by atoms with van der Waals surface area (Å²) in [5, 5.41) is 12.4. The molecule has 2 atom stereocenters. The predicted octanol–water partition coefficient (Wildman–Crippen LogP) is 2.56. The van der Waals surface area contributed by atoms with Crippen LogP contribution in [0.15, 0.2) is 0 Å². The van der Waals surface area contributed by atoms with Gasteiger partial charge in [0.2, 0.25) is 0 Å². The quantitative estimate of drug-likeness (QED) is 0.562. The van der Waals surface area contributed by atoms with Gasteiger partial charge in [-0.25, -0.2) is 0 Å². The molecule has 0 saturated heterocycles. The van der Waals surface area contributed by atoms with Crippen molar-refractivity contribution in [3.63, 3.8) is 0 Å². The van der Waals surface area contributed by atoms with Crippen molar-refractivity contribution in [2.24, 2.45) is 5.92 Å². The maximum absolute atomic E-state index is 8.94. The third-order valence-electron chi connectivity index (χ3n) is 2.89. The van der Waals surface area contributed by atoms with Crippen LogP contribution in [0.25, 0.3) is 0 Å². The minimum atomic E-state index is 0.282. The standard InChI is InChI=1S/C12H27NO/c1-4-5-6-7-8-9-13-12(3)11(2)10-14/h11-14H,4-10H2,1-3H3. The summed E-state index contributed by atoms with van der Waals surface area (Å²) in [6.45, 7) is 7.84. The van der Waals surface area contributed by atoms with Crippen LogP contribution in [-0.4, -0.2) is 24.3 Å². The van der Waals surface area contributed by atoms with Crippen LogP contribution in [0.5, 0.6) is 0 Å². The lowest BCUT2D eigenvalue weighted by Gasteiger charge is -2.19. The Labute approximate surface area is 89.1 Å². The van der Waals surface area contributed by atoms with Crippen molar-refractivity contribution in [3.8, 4) is 0 Å². The second-order valence-electron chi connectivity index (χ2n) is 4.32. The molecule has 0 aliphatic rings. The van der Waals surface area contributed by atoms with E-state index in [1.54, 1.807) is 0 Å². The number of unbranched alkanes of at least 4 members (excludes halogenated alkanes) is 4. The van der Waals surface area contributed by atoms with Gasteiger partial charge in [-0.15, -0.1) is 0 Å². The molecule has 0 bridgehead atoms. The van der Waals surface area contributed by atoms with Crippen LogP contribution in [0.2, 0.25) is 0 Å². The Kier molecular flexibility index (Phi) is 9.42. The van der Waals surface area contributed by atoms with E-state index in [9.17, 15) is 0 Å². The molecule has 2 N–H and O–H groups in total. The van der Waals surface area contributed by atoms with Crippen molar-refractivity contribution in [3.05, 3.63) is 0 Å². The van der Waals surface area contributed by atoms with Gasteiger partial charge >= 0.3 is 0 Å². The highest BCUT2D eigenvalue weighted by Gasteiger charge is 2.08. The predicted molar refractivity (Wildman–Crippen MR) is 62.5 cm³/mol. The van der Waals surface area contributed by atoms with Gasteiger partial charge in [0.25, 0.3) is 0 Å². The van der Waals surface area contributed by atoms with Crippen molar-refractivity contribution in [2.75, 3.05) is 13.2 Å². The maximum Gasteiger partial charge on any atom is 0.0471 e. The minimum Gasteiger partial charge on any atom is -0.396 e. The van der Waals surface area contributed by atoms with Crippen LogP contribution in [0.3, 0.4) is 0 Å². The molecule has 0 aromatic carbocycles. The molecule has 0 spiro atoms. The summed E-state index contributed by atoms with van der Waals surface area (Å²) in [6.07, 6.45) is 6.64. The number of hydrogen-bond donors (Lipinski definition) is 2.